The number of hydrogen-bond donors (Lipinski definition) is 3. The van der Waals surface area contributed by atoms with Crippen LogP contribution in [0.15, 0.2) is 24.3 Å². The molecule has 0 aromatic heterocycles. The number of para-hydroxylation sites is 2. The zero-order valence-electron chi connectivity index (χ0n) is 11.9. The van der Waals surface area contributed by atoms with Crippen LogP contribution >= 0.6 is 0 Å². The Morgan fingerprint density at radius 2 is 2.00 bits per heavy atom. The fourth-order valence-corrected chi connectivity index (χ4v) is 1.42. The molecule has 0 radical (unpaired) electrons. The van der Waals surface area contributed by atoms with Crippen LogP contribution in [0, 0.1) is 0 Å². The Morgan fingerprint density at radius 3 is 2.58 bits per heavy atom. The molecule has 1 rings (SSSR count). The lowest BCUT2D eigenvalue weighted by Gasteiger charge is -2.23. The van der Waals surface area contributed by atoms with Gasteiger partial charge in [-0.1, -0.05) is 12.1 Å². The number of hydrogen-bond acceptors (Lipinski definition) is 3. The largest absolute Gasteiger partial charge is 0.486 e. The van der Waals surface area contributed by atoms with E-state index in [9.17, 15) is 4.79 Å². The number of carbonyl (C=O) groups is 1. The van der Waals surface area contributed by atoms with Gasteiger partial charge in [0.05, 0.1) is 18.3 Å². The van der Waals surface area contributed by atoms with Gasteiger partial charge in [0.2, 0.25) is 0 Å². The number of aliphatic hydroxyl groups excluding tert-OH is 1. The molecule has 106 valence electrons. The molecule has 0 fully saturated rings. The predicted octanol–water partition coefficient (Wildman–Crippen LogP) is 2.37. The summed E-state index contributed by atoms with van der Waals surface area (Å²) in [5, 5.41) is 14.2. The maximum Gasteiger partial charge on any atom is 0.319 e. The normalized spacial score (nSPS) is 12.7. The van der Waals surface area contributed by atoms with E-state index in [2.05, 4.69) is 10.6 Å². The molecule has 1 atom stereocenters. The first-order chi connectivity index (χ1) is 8.81. The number of anilines is 1. The second-order valence-corrected chi connectivity index (χ2v) is 5.39. The minimum absolute atomic E-state index is 0.104. The summed E-state index contributed by atoms with van der Waals surface area (Å²) >= 11 is 0. The molecule has 0 heterocycles. The second-order valence-electron chi connectivity index (χ2n) is 5.39. The number of amides is 2. The Morgan fingerprint density at radius 1 is 1.37 bits per heavy atom. The lowest BCUT2D eigenvalue weighted by molar-refractivity contribution is 0.132. The molecule has 1 aromatic carbocycles. The molecule has 2 amide bonds. The fraction of sp³-hybridized carbons (Fsp3) is 0.500. The monoisotopic (exact) mass is 266 g/mol. The number of nitrogens with one attached hydrogen (secondary N) is 2. The van der Waals surface area contributed by atoms with Gasteiger partial charge in [-0.3, -0.25) is 0 Å². The van der Waals surface area contributed by atoms with Crippen molar-refractivity contribution in [2.24, 2.45) is 0 Å². The molecule has 1 aromatic rings. The Kier molecular flexibility index (Phi) is 5.18. The van der Waals surface area contributed by atoms with Gasteiger partial charge in [-0.05, 0) is 39.8 Å². The Bertz CT molecular complexity index is 427. The average molecular weight is 266 g/mol. The number of ether oxygens (including phenoxy) is 1. The summed E-state index contributed by atoms with van der Waals surface area (Å²) in [6.07, 6.45) is 0. The number of rotatable bonds is 4. The van der Waals surface area contributed by atoms with Crippen LogP contribution in [0.5, 0.6) is 5.75 Å². The summed E-state index contributed by atoms with van der Waals surface area (Å²) < 4.78 is 5.77. The van der Waals surface area contributed by atoms with Crippen LogP contribution in [0.2, 0.25) is 0 Å². The molecule has 5 heteroatoms. The van der Waals surface area contributed by atoms with Crippen molar-refractivity contribution in [1.29, 1.82) is 0 Å². The van der Waals surface area contributed by atoms with Gasteiger partial charge >= 0.3 is 6.03 Å². The van der Waals surface area contributed by atoms with Crippen molar-refractivity contribution in [2.45, 2.75) is 39.3 Å². The van der Waals surface area contributed by atoms with Gasteiger partial charge in [-0.15, -0.1) is 0 Å². The van der Waals surface area contributed by atoms with Gasteiger partial charge in [0, 0.05) is 0 Å². The number of benzene rings is 1. The smallest absolute Gasteiger partial charge is 0.319 e. The molecule has 3 N–H and O–H groups in total. The predicted molar refractivity (Wildman–Crippen MR) is 75.5 cm³/mol. The van der Waals surface area contributed by atoms with Crippen LogP contribution in [-0.4, -0.2) is 29.4 Å². The standard InChI is InChI=1S/C14H22N2O3/c1-10(9-17)15-13(18)16-11-7-5-6-8-12(11)19-14(2,3)4/h5-8,10,17H,9H2,1-4H3,(H2,15,16,18). The van der Waals surface area contributed by atoms with Crippen molar-refractivity contribution in [2.75, 3.05) is 11.9 Å². The van der Waals surface area contributed by atoms with Crippen LogP contribution in [0.1, 0.15) is 27.7 Å². The van der Waals surface area contributed by atoms with Gasteiger partial charge in [0.25, 0.3) is 0 Å². The van der Waals surface area contributed by atoms with E-state index in [0.717, 1.165) is 0 Å². The zero-order valence-corrected chi connectivity index (χ0v) is 11.9. The van der Waals surface area contributed by atoms with Gasteiger partial charge in [0.15, 0.2) is 0 Å². The Balaban J connectivity index is 2.75. The highest BCUT2D eigenvalue weighted by atomic mass is 16.5. The average Bonchev–Trinajstić information content (AvgIpc) is 2.29. The van der Waals surface area contributed by atoms with E-state index in [0.29, 0.717) is 11.4 Å². The molecule has 0 saturated carbocycles. The molecule has 0 aliphatic carbocycles. The lowest BCUT2D eigenvalue weighted by atomic mass is 10.2. The number of urea groups is 1. The SMILES string of the molecule is CC(CO)NC(=O)Nc1ccccc1OC(C)(C)C. The summed E-state index contributed by atoms with van der Waals surface area (Å²) in [7, 11) is 0. The molecule has 1 unspecified atom stereocenters. The molecule has 19 heavy (non-hydrogen) atoms. The van der Waals surface area contributed by atoms with E-state index in [1.54, 1.807) is 19.1 Å². The highest BCUT2D eigenvalue weighted by Crippen LogP contribution is 2.27. The summed E-state index contributed by atoms with van der Waals surface area (Å²) in [5.74, 6) is 0.613. The third-order valence-electron chi connectivity index (χ3n) is 2.20. The summed E-state index contributed by atoms with van der Waals surface area (Å²) in [5.41, 5.74) is 0.257. The van der Waals surface area contributed by atoms with Crippen LogP contribution in [-0.2, 0) is 0 Å². The van der Waals surface area contributed by atoms with E-state index in [-0.39, 0.29) is 24.3 Å². The molecule has 5 nitrogen and oxygen atoms in total. The van der Waals surface area contributed by atoms with Crippen molar-refractivity contribution in [3.8, 4) is 5.75 Å². The topological polar surface area (TPSA) is 70.6 Å². The molecule has 0 spiro atoms. The minimum atomic E-state index is -0.369. The Labute approximate surface area is 114 Å². The molecule has 0 aliphatic rings. The first-order valence-corrected chi connectivity index (χ1v) is 6.28. The third kappa shape index (κ3) is 5.61. The van der Waals surface area contributed by atoms with Crippen molar-refractivity contribution in [1.82, 2.24) is 5.32 Å². The number of aliphatic hydroxyl groups is 1. The maximum absolute atomic E-state index is 11.7. The van der Waals surface area contributed by atoms with Crippen molar-refractivity contribution >= 4 is 11.7 Å². The zero-order chi connectivity index (χ0) is 14.5. The van der Waals surface area contributed by atoms with Crippen molar-refractivity contribution in [3.05, 3.63) is 24.3 Å². The van der Waals surface area contributed by atoms with Crippen LogP contribution in [0.3, 0.4) is 0 Å². The third-order valence-corrected chi connectivity index (χ3v) is 2.20. The molecule has 0 bridgehead atoms. The molecule has 0 saturated heterocycles. The summed E-state index contributed by atoms with van der Waals surface area (Å²) in [6.45, 7) is 7.44. The summed E-state index contributed by atoms with van der Waals surface area (Å²) in [4.78, 5) is 11.7. The first-order valence-electron chi connectivity index (χ1n) is 6.28. The van der Waals surface area contributed by atoms with Crippen molar-refractivity contribution < 1.29 is 14.6 Å². The van der Waals surface area contributed by atoms with E-state index in [1.807, 2.05) is 32.9 Å². The first kappa shape index (κ1) is 15.3. The van der Waals surface area contributed by atoms with E-state index in [1.165, 1.54) is 0 Å². The maximum atomic E-state index is 11.7. The fourth-order valence-electron chi connectivity index (χ4n) is 1.42. The van der Waals surface area contributed by atoms with E-state index < -0.39 is 0 Å². The second kappa shape index (κ2) is 6.43. The highest BCUT2D eigenvalue weighted by Gasteiger charge is 2.15. The van der Waals surface area contributed by atoms with Gasteiger partial charge < -0.3 is 20.5 Å². The number of carbonyl (C=O) groups excluding carboxylic acids is 1. The Hall–Kier alpha value is -1.75. The highest BCUT2D eigenvalue weighted by molar-refractivity contribution is 5.91. The van der Waals surface area contributed by atoms with Crippen LogP contribution < -0.4 is 15.4 Å². The lowest BCUT2D eigenvalue weighted by Crippen LogP contribution is -2.38. The van der Waals surface area contributed by atoms with Gasteiger partial charge in [-0.2, -0.15) is 0 Å². The molecule has 0 aliphatic heterocycles. The van der Waals surface area contributed by atoms with E-state index in [4.69, 9.17) is 9.84 Å². The molecular formula is C14H22N2O3. The minimum Gasteiger partial charge on any atom is -0.486 e. The van der Waals surface area contributed by atoms with Crippen LogP contribution in [0.25, 0.3) is 0 Å². The van der Waals surface area contributed by atoms with Crippen LogP contribution in [0.4, 0.5) is 10.5 Å². The van der Waals surface area contributed by atoms with Gasteiger partial charge in [0.1, 0.15) is 11.4 Å². The van der Waals surface area contributed by atoms with Gasteiger partial charge in [-0.25, -0.2) is 4.79 Å². The van der Waals surface area contributed by atoms with Crippen molar-refractivity contribution in [3.63, 3.8) is 0 Å². The molecular weight excluding hydrogens is 244 g/mol. The van der Waals surface area contributed by atoms with E-state index >= 15 is 0 Å². The summed E-state index contributed by atoms with van der Waals surface area (Å²) in [6, 6.07) is 6.57. The quantitative estimate of drug-likeness (QED) is 0.783.